The summed E-state index contributed by atoms with van der Waals surface area (Å²) >= 11 is 0. The first-order valence-corrected chi connectivity index (χ1v) is 9.13. The van der Waals surface area contributed by atoms with E-state index >= 15 is 0 Å². The minimum atomic E-state index is -0.123. The summed E-state index contributed by atoms with van der Waals surface area (Å²) in [6.07, 6.45) is 0. The van der Waals surface area contributed by atoms with Gasteiger partial charge in [-0.15, -0.1) is 0 Å². The molecule has 0 aliphatic carbocycles. The number of nitrogens with one attached hydrogen (secondary N) is 1. The number of benzene rings is 1. The number of carbonyl (C=O) groups is 1. The second-order valence-electron chi connectivity index (χ2n) is 6.12. The highest BCUT2D eigenvalue weighted by Gasteiger charge is 2.23. The SMILES string of the molecule is CCOc1ccc(NC(=O)N2CCN(c3cc(OC)nc(OC)n3)CC2)cc1. The van der Waals surface area contributed by atoms with Crippen molar-refractivity contribution >= 4 is 17.5 Å². The average molecular weight is 387 g/mol. The summed E-state index contributed by atoms with van der Waals surface area (Å²) in [4.78, 5) is 24.9. The molecule has 150 valence electrons. The number of aromatic nitrogens is 2. The Labute approximate surface area is 164 Å². The second kappa shape index (κ2) is 9.12. The zero-order valence-corrected chi connectivity index (χ0v) is 16.3. The van der Waals surface area contributed by atoms with Crippen molar-refractivity contribution in [3.63, 3.8) is 0 Å². The number of rotatable bonds is 6. The van der Waals surface area contributed by atoms with Crippen molar-refractivity contribution in [1.82, 2.24) is 14.9 Å². The summed E-state index contributed by atoms with van der Waals surface area (Å²) in [6.45, 7) is 5.01. The highest BCUT2D eigenvalue weighted by atomic mass is 16.5. The first-order chi connectivity index (χ1) is 13.6. The fourth-order valence-corrected chi connectivity index (χ4v) is 2.89. The smallest absolute Gasteiger partial charge is 0.321 e. The summed E-state index contributed by atoms with van der Waals surface area (Å²) in [5.41, 5.74) is 0.737. The number of urea groups is 1. The van der Waals surface area contributed by atoms with Crippen LogP contribution in [0.4, 0.5) is 16.3 Å². The zero-order valence-electron chi connectivity index (χ0n) is 16.3. The Kier molecular flexibility index (Phi) is 6.36. The summed E-state index contributed by atoms with van der Waals surface area (Å²) < 4.78 is 15.7. The number of amides is 2. The predicted molar refractivity (Wildman–Crippen MR) is 106 cm³/mol. The van der Waals surface area contributed by atoms with Gasteiger partial charge in [0.25, 0.3) is 0 Å². The molecule has 1 aliphatic heterocycles. The van der Waals surface area contributed by atoms with Gasteiger partial charge in [-0.3, -0.25) is 0 Å². The van der Waals surface area contributed by atoms with Crippen LogP contribution in [0.1, 0.15) is 6.92 Å². The zero-order chi connectivity index (χ0) is 19.9. The number of carbonyl (C=O) groups excluding carboxylic acids is 1. The van der Waals surface area contributed by atoms with Crippen LogP contribution in [0.2, 0.25) is 0 Å². The molecule has 0 atom stereocenters. The van der Waals surface area contributed by atoms with E-state index in [2.05, 4.69) is 20.2 Å². The quantitative estimate of drug-likeness (QED) is 0.813. The van der Waals surface area contributed by atoms with E-state index in [0.29, 0.717) is 38.7 Å². The number of ether oxygens (including phenoxy) is 3. The van der Waals surface area contributed by atoms with E-state index in [1.54, 1.807) is 18.1 Å². The van der Waals surface area contributed by atoms with E-state index < -0.39 is 0 Å². The number of hydrogen-bond acceptors (Lipinski definition) is 7. The molecule has 2 amide bonds. The predicted octanol–water partition coefficient (Wildman–Crippen LogP) is 2.25. The molecule has 1 aliphatic rings. The van der Waals surface area contributed by atoms with Gasteiger partial charge in [0.05, 0.1) is 20.8 Å². The van der Waals surface area contributed by atoms with Crippen LogP contribution in [0.5, 0.6) is 17.6 Å². The fraction of sp³-hybridized carbons (Fsp3) is 0.421. The van der Waals surface area contributed by atoms with Crippen molar-refractivity contribution in [2.45, 2.75) is 6.92 Å². The highest BCUT2D eigenvalue weighted by molar-refractivity contribution is 5.89. The molecule has 28 heavy (non-hydrogen) atoms. The molecular weight excluding hydrogens is 362 g/mol. The molecule has 1 saturated heterocycles. The normalized spacial score (nSPS) is 13.8. The summed E-state index contributed by atoms with van der Waals surface area (Å²) in [5.74, 6) is 1.94. The molecule has 1 aromatic heterocycles. The van der Waals surface area contributed by atoms with Crippen molar-refractivity contribution in [2.75, 3.05) is 57.2 Å². The third kappa shape index (κ3) is 4.73. The monoisotopic (exact) mass is 387 g/mol. The molecule has 0 spiro atoms. The minimum absolute atomic E-state index is 0.123. The largest absolute Gasteiger partial charge is 0.494 e. The van der Waals surface area contributed by atoms with Crippen LogP contribution in [-0.4, -0.2) is 67.9 Å². The molecule has 9 nitrogen and oxygen atoms in total. The van der Waals surface area contributed by atoms with Crippen LogP contribution in [0.25, 0.3) is 0 Å². The van der Waals surface area contributed by atoms with Crippen molar-refractivity contribution in [3.05, 3.63) is 30.3 Å². The molecule has 1 fully saturated rings. The van der Waals surface area contributed by atoms with Gasteiger partial charge in [0.1, 0.15) is 11.6 Å². The highest BCUT2D eigenvalue weighted by Crippen LogP contribution is 2.22. The Morgan fingerprint density at radius 1 is 1.07 bits per heavy atom. The van der Waals surface area contributed by atoms with Gasteiger partial charge in [-0.1, -0.05) is 0 Å². The standard InChI is InChI=1S/C19H25N5O4/c1-4-28-15-7-5-14(6-8-15)20-19(25)24-11-9-23(10-12-24)16-13-17(26-2)22-18(21-16)27-3/h5-8,13H,4,9-12H2,1-3H3,(H,20,25). The molecule has 2 aromatic rings. The van der Waals surface area contributed by atoms with Gasteiger partial charge < -0.3 is 29.3 Å². The average Bonchev–Trinajstić information content (AvgIpc) is 2.75. The van der Waals surface area contributed by atoms with Crippen molar-refractivity contribution in [3.8, 4) is 17.6 Å². The number of methoxy groups -OCH3 is 2. The van der Waals surface area contributed by atoms with Crippen LogP contribution in [0.3, 0.4) is 0 Å². The number of nitrogens with zero attached hydrogens (tertiary/aromatic N) is 4. The molecule has 1 aromatic carbocycles. The van der Waals surface area contributed by atoms with Gasteiger partial charge in [-0.2, -0.15) is 9.97 Å². The maximum absolute atomic E-state index is 12.5. The Bertz CT molecular complexity index is 769. The molecule has 0 unspecified atom stereocenters. The van der Waals surface area contributed by atoms with Crippen LogP contribution < -0.4 is 24.4 Å². The van der Waals surface area contributed by atoms with Crippen LogP contribution in [-0.2, 0) is 0 Å². The van der Waals surface area contributed by atoms with E-state index in [0.717, 1.165) is 17.3 Å². The van der Waals surface area contributed by atoms with Gasteiger partial charge in [0, 0.05) is 37.9 Å². The summed E-state index contributed by atoms with van der Waals surface area (Å²) in [7, 11) is 3.07. The molecule has 9 heteroatoms. The first kappa shape index (κ1) is 19.5. The maximum Gasteiger partial charge on any atom is 0.321 e. The van der Waals surface area contributed by atoms with Crippen LogP contribution in [0, 0.1) is 0 Å². The Morgan fingerprint density at radius 2 is 1.79 bits per heavy atom. The van der Waals surface area contributed by atoms with E-state index in [9.17, 15) is 4.79 Å². The molecule has 2 heterocycles. The van der Waals surface area contributed by atoms with Gasteiger partial charge >= 0.3 is 12.0 Å². The third-order valence-electron chi connectivity index (χ3n) is 4.37. The maximum atomic E-state index is 12.5. The fourth-order valence-electron chi connectivity index (χ4n) is 2.89. The number of hydrogen-bond donors (Lipinski definition) is 1. The molecule has 0 radical (unpaired) electrons. The lowest BCUT2D eigenvalue weighted by molar-refractivity contribution is 0.208. The molecule has 3 rings (SSSR count). The van der Waals surface area contributed by atoms with Gasteiger partial charge in [-0.25, -0.2) is 4.79 Å². The Balaban J connectivity index is 1.56. The molecule has 1 N–H and O–H groups in total. The minimum Gasteiger partial charge on any atom is -0.494 e. The molecule has 0 bridgehead atoms. The van der Waals surface area contributed by atoms with Gasteiger partial charge in [0.15, 0.2) is 0 Å². The van der Waals surface area contributed by atoms with E-state index in [1.165, 1.54) is 7.11 Å². The lowest BCUT2D eigenvalue weighted by atomic mass is 10.3. The van der Waals surface area contributed by atoms with Crippen molar-refractivity contribution in [2.24, 2.45) is 0 Å². The van der Waals surface area contributed by atoms with Crippen molar-refractivity contribution in [1.29, 1.82) is 0 Å². The van der Waals surface area contributed by atoms with E-state index in [1.807, 2.05) is 31.2 Å². The first-order valence-electron chi connectivity index (χ1n) is 9.13. The topological polar surface area (TPSA) is 89.1 Å². The van der Waals surface area contributed by atoms with E-state index in [4.69, 9.17) is 14.2 Å². The Morgan fingerprint density at radius 3 is 2.39 bits per heavy atom. The summed E-state index contributed by atoms with van der Waals surface area (Å²) in [6, 6.07) is 9.24. The molecular formula is C19H25N5O4. The molecule has 0 saturated carbocycles. The lowest BCUT2D eigenvalue weighted by Gasteiger charge is -2.35. The lowest BCUT2D eigenvalue weighted by Crippen LogP contribution is -2.50. The Hall–Kier alpha value is -3.23. The van der Waals surface area contributed by atoms with Crippen molar-refractivity contribution < 1.29 is 19.0 Å². The van der Waals surface area contributed by atoms with Gasteiger partial charge in [0.2, 0.25) is 5.88 Å². The summed E-state index contributed by atoms with van der Waals surface area (Å²) in [5, 5.41) is 2.92. The third-order valence-corrected chi connectivity index (χ3v) is 4.37. The van der Waals surface area contributed by atoms with Crippen LogP contribution in [0.15, 0.2) is 30.3 Å². The number of piperazine rings is 1. The second-order valence-corrected chi connectivity index (χ2v) is 6.12. The van der Waals surface area contributed by atoms with Crippen LogP contribution >= 0.6 is 0 Å². The number of anilines is 2. The van der Waals surface area contributed by atoms with E-state index in [-0.39, 0.29) is 12.0 Å². The van der Waals surface area contributed by atoms with Gasteiger partial charge in [-0.05, 0) is 31.2 Å².